The van der Waals surface area contributed by atoms with Crippen LogP contribution in [0.15, 0.2) is 41.4 Å². The van der Waals surface area contributed by atoms with E-state index < -0.39 is 0 Å². The van der Waals surface area contributed by atoms with Crippen LogP contribution < -0.4 is 4.90 Å². The number of rotatable bonds is 2. The van der Waals surface area contributed by atoms with Crippen molar-refractivity contribution in [1.82, 2.24) is 0 Å². The Morgan fingerprint density at radius 3 is 2.24 bits per heavy atom. The van der Waals surface area contributed by atoms with Gasteiger partial charge < -0.3 is 4.90 Å². The van der Waals surface area contributed by atoms with Gasteiger partial charge in [-0.1, -0.05) is 12.1 Å². The lowest BCUT2D eigenvalue weighted by Gasteiger charge is -2.13. The van der Waals surface area contributed by atoms with Gasteiger partial charge in [-0.25, -0.2) is 0 Å². The Hall–Kier alpha value is -1.83. The van der Waals surface area contributed by atoms with Gasteiger partial charge in [-0.15, -0.1) is 0 Å². The molecule has 0 atom stereocenters. The quantitative estimate of drug-likeness (QED) is 0.706. The van der Waals surface area contributed by atoms with Crippen molar-refractivity contribution in [3.8, 4) is 0 Å². The van der Waals surface area contributed by atoms with Crippen molar-refractivity contribution in [3.05, 3.63) is 36.4 Å². The monoisotopic (exact) mass is 226 g/mol. The lowest BCUT2D eigenvalue weighted by atomic mass is 10.1. The van der Waals surface area contributed by atoms with Crippen molar-refractivity contribution in [1.29, 1.82) is 0 Å². The molecule has 0 N–H and O–H groups in total. The molecule has 0 unspecified atom stereocenters. The Morgan fingerprint density at radius 1 is 0.941 bits per heavy atom. The van der Waals surface area contributed by atoms with Crippen LogP contribution in [0.25, 0.3) is 10.8 Å². The summed E-state index contributed by atoms with van der Waals surface area (Å²) in [6, 6.07) is 12.8. The van der Waals surface area contributed by atoms with E-state index in [4.69, 9.17) is 0 Å². The molecule has 17 heavy (non-hydrogen) atoms. The van der Waals surface area contributed by atoms with Gasteiger partial charge in [-0.3, -0.25) is 4.99 Å². The number of anilines is 1. The Kier molecular flexibility index (Phi) is 3.14. The minimum absolute atomic E-state index is 1.02. The number of fused-ring (bicyclic) bond motifs is 1. The molecule has 2 nitrogen and oxygen atoms in total. The third kappa shape index (κ3) is 2.64. The average Bonchev–Trinajstić information content (AvgIpc) is 2.27. The zero-order valence-corrected chi connectivity index (χ0v) is 10.9. The highest BCUT2D eigenvalue weighted by Gasteiger charge is 1.99. The smallest absolute Gasteiger partial charge is 0.0635 e. The third-order valence-corrected chi connectivity index (χ3v) is 2.68. The minimum Gasteiger partial charge on any atom is -0.378 e. The van der Waals surface area contributed by atoms with Crippen LogP contribution in [0.2, 0.25) is 0 Å². The van der Waals surface area contributed by atoms with Gasteiger partial charge in [0, 0.05) is 25.5 Å². The van der Waals surface area contributed by atoms with E-state index in [2.05, 4.69) is 60.4 Å². The first kappa shape index (κ1) is 11.6. The normalized spacial score (nSPS) is 10.4. The first-order chi connectivity index (χ1) is 8.06. The average molecular weight is 226 g/mol. The fourth-order valence-corrected chi connectivity index (χ4v) is 1.83. The topological polar surface area (TPSA) is 15.6 Å². The predicted octanol–water partition coefficient (Wildman–Crippen LogP) is 4.02. The molecule has 2 aromatic rings. The van der Waals surface area contributed by atoms with Gasteiger partial charge in [0.2, 0.25) is 0 Å². The molecule has 2 heteroatoms. The van der Waals surface area contributed by atoms with Gasteiger partial charge in [0.15, 0.2) is 0 Å². The van der Waals surface area contributed by atoms with Crippen LogP contribution in [-0.4, -0.2) is 19.8 Å². The molecule has 0 radical (unpaired) electrons. The summed E-state index contributed by atoms with van der Waals surface area (Å²) in [5.74, 6) is 0. The number of benzene rings is 2. The highest BCUT2D eigenvalue weighted by Crippen LogP contribution is 2.25. The van der Waals surface area contributed by atoms with Crippen molar-refractivity contribution in [2.24, 2.45) is 4.99 Å². The third-order valence-electron chi connectivity index (χ3n) is 2.68. The van der Waals surface area contributed by atoms with Crippen LogP contribution in [0, 0.1) is 0 Å². The first-order valence-electron chi connectivity index (χ1n) is 5.79. The van der Waals surface area contributed by atoms with Crippen molar-refractivity contribution in [2.75, 3.05) is 19.0 Å². The summed E-state index contributed by atoms with van der Waals surface area (Å²) in [7, 11) is 4.11. The second-order valence-electron chi connectivity index (χ2n) is 4.67. The van der Waals surface area contributed by atoms with E-state index in [1.54, 1.807) is 0 Å². The fraction of sp³-hybridized carbons (Fsp3) is 0.267. The fourth-order valence-electron chi connectivity index (χ4n) is 1.83. The Labute approximate surface area is 103 Å². The predicted molar refractivity (Wildman–Crippen MR) is 76.7 cm³/mol. The van der Waals surface area contributed by atoms with Gasteiger partial charge >= 0.3 is 0 Å². The standard InChI is InChI=1S/C15H18N2/c1-11(2)16-14-7-5-13-10-15(17(3)4)8-6-12(13)9-14/h5-10H,1-4H3. The van der Waals surface area contributed by atoms with E-state index >= 15 is 0 Å². The molecule has 0 aromatic heterocycles. The first-order valence-corrected chi connectivity index (χ1v) is 5.79. The Bertz CT molecular complexity index is 564. The molecule has 0 aliphatic heterocycles. The summed E-state index contributed by atoms with van der Waals surface area (Å²) in [5.41, 5.74) is 3.32. The van der Waals surface area contributed by atoms with Crippen LogP contribution in [0.4, 0.5) is 11.4 Å². The molecule has 2 rings (SSSR count). The summed E-state index contributed by atoms with van der Waals surface area (Å²) in [4.78, 5) is 6.59. The van der Waals surface area contributed by atoms with E-state index in [1.165, 1.54) is 16.5 Å². The second-order valence-corrected chi connectivity index (χ2v) is 4.67. The molecule has 0 bridgehead atoms. The maximum absolute atomic E-state index is 4.47. The van der Waals surface area contributed by atoms with E-state index in [9.17, 15) is 0 Å². The zero-order chi connectivity index (χ0) is 12.4. The van der Waals surface area contributed by atoms with E-state index in [1.807, 2.05) is 13.8 Å². The minimum atomic E-state index is 1.02. The van der Waals surface area contributed by atoms with Crippen molar-refractivity contribution >= 4 is 27.9 Å². The summed E-state index contributed by atoms with van der Waals surface area (Å²) < 4.78 is 0. The van der Waals surface area contributed by atoms with Gasteiger partial charge in [0.05, 0.1) is 5.69 Å². The SMILES string of the molecule is CC(C)=Nc1ccc2cc(N(C)C)ccc2c1. The summed E-state index contributed by atoms with van der Waals surface area (Å²) >= 11 is 0. The molecular weight excluding hydrogens is 208 g/mol. The molecule has 0 saturated carbocycles. The van der Waals surface area contributed by atoms with Crippen LogP contribution in [0.3, 0.4) is 0 Å². The van der Waals surface area contributed by atoms with E-state index in [0.29, 0.717) is 0 Å². The van der Waals surface area contributed by atoms with Crippen LogP contribution >= 0.6 is 0 Å². The van der Waals surface area contributed by atoms with Crippen LogP contribution in [-0.2, 0) is 0 Å². The summed E-state index contributed by atoms with van der Waals surface area (Å²) in [6.07, 6.45) is 0. The van der Waals surface area contributed by atoms with Crippen LogP contribution in [0.1, 0.15) is 13.8 Å². The molecule has 0 aliphatic carbocycles. The lowest BCUT2D eigenvalue weighted by molar-refractivity contribution is 1.14. The second kappa shape index (κ2) is 4.58. The van der Waals surface area contributed by atoms with Crippen molar-refractivity contribution in [2.45, 2.75) is 13.8 Å². The number of hydrogen-bond acceptors (Lipinski definition) is 2. The van der Waals surface area contributed by atoms with Gasteiger partial charge in [0.1, 0.15) is 0 Å². The Balaban J connectivity index is 2.50. The number of aliphatic imine (C=N–C) groups is 1. The molecule has 0 heterocycles. The summed E-state index contributed by atoms with van der Waals surface area (Å²) in [6.45, 7) is 4.03. The zero-order valence-electron chi connectivity index (χ0n) is 10.9. The molecule has 88 valence electrons. The molecule has 0 spiro atoms. The molecule has 0 aliphatic rings. The number of hydrogen-bond donors (Lipinski definition) is 0. The van der Waals surface area contributed by atoms with Gasteiger partial charge in [-0.05, 0) is 48.9 Å². The highest BCUT2D eigenvalue weighted by molar-refractivity contribution is 5.90. The number of nitrogens with zero attached hydrogens (tertiary/aromatic N) is 2. The van der Waals surface area contributed by atoms with Crippen molar-refractivity contribution in [3.63, 3.8) is 0 Å². The van der Waals surface area contributed by atoms with E-state index in [-0.39, 0.29) is 0 Å². The maximum Gasteiger partial charge on any atom is 0.0635 e. The molecule has 2 aromatic carbocycles. The van der Waals surface area contributed by atoms with E-state index in [0.717, 1.165) is 11.4 Å². The van der Waals surface area contributed by atoms with Gasteiger partial charge in [0.25, 0.3) is 0 Å². The maximum atomic E-state index is 4.47. The van der Waals surface area contributed by atoms with Crippen molar-refractivity contribution < 1.29 is 0 Å². The molecule has 0 fully saturated rings. The molecule has 0 saturated heterocycles. The molecule has 0 amide bonds. The van der Waals surface area contributed by atoms with Gasteiger partial charge in [-0.2, -0.15) is 0 Å². The molecular formula is C15H18N2. The lowest BCUT2D eigenvalue weighted by Crippen LogP contribution is -2.07. The Morgan fingerprint density at radius 2 is 1.59 bits per heavy atom. The summed E-state index contributed by atoms with van der Waals surface area (Å²) in [5, 5.41) is 2.49. The largest absolute Gasteiger partial charge is 0.378 e. The van der Waals surface area contributed by atoms with Crippen LogP contribution in [0.5, 0.6) is 0 Å². The highest BCUT2D eigenvalue weighted by atomic mass is 15.1.